The summed E-state index contributed by atoms with van der Waals surface area (Å²) in [6.45, 7) is -0.0509. The van der Waals surface area contributed by atoms with E-state index in [1.54, 1.807) is 31.2 Å². The van der Waals surface area contributed by atoms with Crippen molar-refractivity contribution in [3.05, 3.63) is 41.0 Å². The number of alkyl halides is 3. The maximum atomic E-state index is 12.3. The number of nitrogens with zero attached hydrogens (tertiary/aromatic N) is 1. The number of halogens is 4. The molecule has 2 aromatic rings. The van der Waals surface area contributed by atoms with Crippen LogP contribution in [-0.2, 0) is 4.74 Å². The number of amides is 1. The molecule has 0 aliphatic carbocycles. The minimum absolute atomic E-state index is 0.251. The van der Waals surface area contributed by atoms with Crippen molar-refractivity contribution in [2.75, 3.05) is 13.2 Å². The van der Waals surface area contributed by atoms with E-state index in [1.807, 2.05) is 0 Å². The number of hydrogen-bond donors (Lipinski definition) is 2. The van der Waals surface area contributed by atoms with Gasteiger partial charge in [-0.3, -0.25) is 9.89 Å². The van der Waals surface area contributed by atoms with Crippen LogP contribution in [0.15, 0.2) is 30.5 Å². The number of rotatable bonds is 6. The Hall–Kier alpha value is -2.06. The van der Waals surface area contributed by atoms with E-state index < -0.39 is 24.7 Å². The molecule has 5 nitrogen and oxygen atoms in total. The molecule has 0 aliphatic heterocycles. The lowest BCUT2D eigenvalue weighted by atomic mass is 10.1. The standard InChI is InChI=1S/C15H15ClF3N3O2/c1-9(7-24-8-15(17,18)19)21-14(23)12-6-20-22-13(12)10-2-4-11(16)5-3-10/h2-6,9H,7-8H2,1H3,(H,20,22)(H,21,23)/t9-/m0/s1. The smallest absolute Gasteiger partial charge is 0.370 e. The predicted octanol–water partition coefficient (Wildman–Crippen LogP) is 3.43. The Kier molecular flexibility index (Phi) is 5.84. The van der Waals surface area contributed by atoms with Crippen molar-refractivity contribution in [2.24, 2.45) is 0 Å². The van der Waals surface area contributed by atoms with Crippen LogP contribution in [0, 0.1) is 0 Å². The van der Waals surface area contributed by atoms with Crippen LogP contribution >= 0.6 is 11.6 Å². The molecule has 0 saturated carbocycles. The summed E-state index contributed by atoms with van der Waals surface area (Å²) in [5, 5.41) is 9.70. The van der Waals surface area contributed by atoms with E-state index in [0.29, 0.717) is 16.3 Å². The summed E-state index contributed by atoms with van der Waals surface area (Å²) in [5.41, 5.74) is 1.48. The van der Waals surface area contributed by atoms with Crippen molar-refractivity contribution >= 4 is 17.5 Å². The Labute approximate surface area is 141 Å². The van der Waals surface area contributed by atoms with Crippen molar-refractivity contribution < 1.29 is 22.7 Å². The number of H-pyrrole nitrogens is 1. The molecule has 0 fully saturated rings. The first kappa shape index (κ1) is 18.3. The molecule has 24 heavy (non-hydrogen) atoms. The van der Waals surface area contributed by atoms with Gasteiger partial charge < -0.3 is 10.1 Å². The molecule has 1 atom stereocenters. The molecule has 0 bridgehead atoms. The third-order valence-corrected chi connectivity index (χ3v) is 3.28. The molecule has 1 heterocycles. The fourth-order valence-electron chi connectivity index (χ4n) is 1.99. The fourth-order valence-corrected chi connectivity index (χ4v) is 2.12. The summed E-state index contributed by atoms with van der Waals surface area (Å²) >= 11 is 5.83. The van der Waals surface area contributed by atoms with E-state index in [4.69, 9.17) is 11.6 Å². The number of aromatic nitrogens is 2. The number of benzene rings is 1. The van der Waals surface area contributed by atoms with Crippen LogP contribution in [0.5, 0.6) is 0 Å². The first-order valence-electron chi connectivity index (χ1n) is 7.01. The lowest BCUT2D eigenvalue weighted by molar-refractivity contribution is -0.174. The average Bonchev–Trinajstić information content (AvgIpc) is 2.96. The average molecular weight is 362 g/mol. The van der Waals surface area contributed by atoms with Crippen molar-refractivity contribution in [3.63, 3.8) is 0 Å². The molecule has 2 N–H and O–H groups in total. The van der Waals surface area contributed by atoms with Gasteiger partial charge in [0.15, 0.2) is 0 Å². The van der Waals surface area contributed by atoms with Gasteiger partial charge in [0.25, 0.3) is 5.91 Å². The van der Waals surface area contributed by atoms with Gasteiger partial charge in [0.1, 0.15) is 6.61 Å². The largest absolute Gasteiger partial charge is 0.411 e. The van der Waals surface area contributed by atoms with E-state index in [9.17, 15) is 18.0 Å². The fraction of sp³-hybridized carbons (Fsp3) is 0.333. The topological polar surface area (TPSA) is 67.0 Å². The van der Waals surface area contributed by atoms with Gasteiger partial charge in [0.05, 0.1) is 24.1 Å². The highest BCUT2D eigenvalue weighted by Crippen LogP contribution is 2.23. The van der Waals surface area contributed by atoms with Crippen molar-refractivity contribution in [3.8, 4) is 11.3 Å². The zero-order chi connectivity index (χ0) is 17.7. The van der Waals surface area contributed by atoms with Gasteiger partial charge in [-0.05, 0) is 19.1 Å². The highest BCUT2D eigenvalue weighted by atomic mass is 35.5. The summed E-state index contributed by atoms with van der Waals surface area (Å²) in [4.78, 5) is 12.3. The lowest BCUT2D eigenvalue weighted by Crippen LogP contribution is -2.36. The molecule has 2 rings (SSSR count). The van der Waals surface area contributed by atoms with Gasteiger partial charge in [0.2, 0.25) is 0 Å². The molecule has 0 unspecified atom stereocenters. The summed E-state index contributed by atoms with van der Waals surface area (Å²) in [5.74, 6) is -0.461. The molecule has 130 valence electrons. The number of nitrogens with one attached hydrogen (secondary N) is 2. The van der Waals surface area contributed by atoms with Gasteiger partial charge in [-0.1, -0.05) is 23.7 Å². The molecule has 1 amide bonds. The third-order valence-electron chi connectivity index (χ3n) is 3.03. The van der Waals surface area contributed by atoms with Gasteiger partial charge in [-0.2, -0.15) is 18.3 Å². The first-order chi connectivity index (χ1) is 11.3. The molecule has 0 radical (unpaired) electrons. The van der Waals surface area contributed by atoms with Gasteiger partial charge >= 0.3 is 6.18 Å². The zero-order valence-corrected chi connectivity index (χ0v) is 13.4. The van der Waals surface area contributed by atoms with E-state index in [1.165, 1.54) is 6.20 Å². The monoisotopic (exact) mass is 361 g/mol. The molecule has 0 spiro atoms. The number of ether oxygens (including phenoxy) is 1. The lowest BCUT2D eigenvalue weighted by Gasteiger charge is -2.15. The quantitative estimate of drug-likeness (QED) is 0.828. The number of hydrogen-bond acceptors (Lipinski definition) is 3. The summed E-state index contributed by atoms with van der Waals surface area (Å²) in [7, 11) is 0. The van der Waals surface area contributed by atoms with Crippen LogP contribution in [0.4, 0.5) is 13.2 Å². The molecule has 0 aliphatic rings. The molecule has 1 aromatic heterocycles. The van der Waals surface area contributed by atoms with Gasteiger partial charge in [0, 0.05) is 16.6 Å². The van der Waals surface area contributed by atoms with Crippen LogP contribution in [0.1, 0.15) is 17.3 Å². The van der Waals surface area contributed by atoms with Crippen LogP contribution in [0.25, 0.3) is 11.3 Å². The third kappa shape index (κ3) is 5.24. The van der Waals surface area contributed by atoms with Crippen LogP contribution in [0.2, 0.25) is 5.02 Å². The molecular weight excluding hydrogens is 347 g/mol. The van der Waals surface area contributed by atoms with Crippen molar-refractivity contribution in [1.29, 1.82) is 0 Å². The summed E-state index contributed by atoms with van der Waals surface area (Å²) < 4.78 is 40.6. The highest BCUT2D eigenvalue weighted by molar-refractivity contribution is 6.30. The number of carbonyl (C=O) groups excluding carboxylic acids is 1. The zero-order valence-electron chi connectivity index (χ0n) is 12.7. The minimum atomic E-state index is -4.39. The molecule has 1 aromatic carbocycles. The first-order valence-corrected chi connectivity index (χ1v) is 7.39. The van der Waals surface area contributed by atoms with Crippen LogP contribution in [-0.4, -0.2) is 41.5 Å². The Bertz CT molecular complexity index is 686. The molecule has 0 saturated heterocycles. The summed E-state index contributed by atoms with van der Waals surface area (Å²) in [6.07, 6.45) is -3.04. The van der Waals surface area contributed by atoms with Crippen LogP contribution in [0.3, 0.4) is 0 Å². The SMILES string of the molecule is C[C@@H](COCC(F)(F)F)NC(=O)c1cn[nH]c1-c1ccc(Cl)cc1. The van der Waals surface area contributed by atoms with Gasteiger partial charge in [-0.15, -0.1) is 0 Å². The maximum absolute atomic E-state index is 12.3. The second kappa shape index (κ2) is 7.67. The Balaban J connectivity index is 1.98. The minimum Gasteiger partial charge on any atom is -0.370 e. The van der Waals surface area contributed by atoms with E-state index in [2.05, 4.69) is 20.3 Å². The van der Waals surface area contributed by atoms with E-state index in [-0.39, 0.29) is 12.2 Å². The molecule has 9 heteroatoms. The van der Waals surface area contributed by atoms with Crippen molar-refractivity contribution in [2.45, 2.75) is 19.1 Å². The second-order valence-electron chi connectivity index (χ2n) is 5.17. The van der Waals surface area contributed by atoms with Gasteiger partial charge in [-0.25, -0.2) is 0 Å². The summed E-state index contributed by atoms with van der Waals surface area (Å²) in [6, 6.07) is 6.21. The Morgan fingerprint density at radius 2 is 2.04 bits per heavy atom. The van der Waals surface area contributed by atoms with Crippen LogP contribution < -0.4 is 5.32 Å². The normalized spacial score (nSPS) is 12.9. The second-order valence-corrected chi connectivity index (χ2v) is 5.61. The Morgan fingerprint density at radius 3 is 2.67 bits per heavy atom. The Morgan fingerprint density at radius 1 is 1.38 bits per heavy atom. The highest BCUT2D eigenvalue weighted by Gasteiger charge is 2.27. The number of carbonyl (C=O) groups is 1. The maximum Gasteiger partial charge on any atom is 0.411 e. The molecular formula is C15H15ClF3N3O2. The van der Waals surface area contributed by atoms with E-state index >= 15 is 0 Å². The van der Waals surface area contributed by atoms with Crippen molar-refractivity contribution in [1.82, 2.24) is 15.5 Å². The number of aromatic amines is 1. The van der Waals surface area contributed by atoms with E-state index in [0.717, 1.165) is 0 Å². The predicted molar refractivity (Wildman–Crippen MR) is 82.8 cm³/mol.